The van der Waals surface area contributed by atoms with Crippen molar-refractivity contribution in [1.82, 2.24) is 15.2 Å². The molecule has 0 bridgehead atoms. The minimum atomic E-state index is -0.962. The van der Waals surface area contributed by atoms with Crippen LogP contribution in [-0.2, 0) is 16.1 Å². The van der Waals surface area contributed by atoms with Gasteiger partial charge in [-0.2, -0.15) is 0 Å². The lowest BCUT2D eigenvalue weighted by Crippen LogP contribution is -2.55. The number of thiazole rings is 1. The van der Waals surface area contributed by atoms with E-state index in [0.717, 1.165) is 10.7 Å². The van der Waals surface area contributed by atoms with Gasteiger partial charge in [-0.05, 0) is 6.92 Å². The highest BCUT2D eigenvalue weighted by molar-refractivity contribution is 7.09. The lowest BCUT2D eigenvalue weighted by molar-refractivity contribution is -0.143. The maximum absolute atomic E-state index is 11.7. The first-order chi connectivity index (χ1) is 8.56. The number of aromatic nitrogens is 1. The molecule has 0 spiro atoms. The van der Waals surface area contributed by atoms with E-state index in [1.165, 1.54) is 0 Å². The molecule has 0 radical (unpaired) electrons. The van der Waals surface area contributed by atoms with Crippen molar-refractivity contribution in [2.75, 3.05) is 13.1 Å². The van der Waals surface area contributed by atoms with Gasteiger partial charge >= 0.3 is 5.97 Å². The first-order valence-electron chi connectivity index (χ1n) is 5.71. The zero-order valence-electron chi connectivity index (χ0n) is 10.0. The summed E-state index contributed by atoms with van der Waals surface area (Å²) in [5, 5.41) is 14.5. The SMILES string of the molecule is Cc1nc(CN2CCNC(=O)C2CC(=O)O)cs1. The molecule has 1 aliphatic rings. The van der Waals surface area contributed by atoms with Crippen LogP contribution in [0.4, 0.5) is 0 Å². The van der Waals surface area contributed by atoms with Gasteiger partial charge in [0.2, 0.25) is 5.91 Å². The van der Waals surface area contributed by atoms with E-state index in [-0.39, 0.29) is 12.3 Å². The van der Waals surface area contributed by atoms with Gasteiger partial charge in [0.25, 0.3) is 0 Å². The number of piperazine rings is 1. The van der Waals surface area contributed by atoms with Gasteiger partial charge in [-0.25, -0.2) is 4.98 Å². The third-order valence-corrected chi connectivity index (χ3v) is 3.66. The monoisotopic (exact) mass is 269 g/mol. The molecule has 1 aromatic rings. The second-order valence-corrected chi connectivity index (χ2v) is 5.30. The highest BCUT2D eigenvalue weighted by Crippen LogP contribution is 2.15. The molecule has 1 saturated heterocycles. The van der Waals surface area contributed by atoms with E-state index in [0.29, 0.717) is 19.6 Å². The highest BCUT2D eigenvalue weighted by atomic mass is 32.1. The predicted octanol–water partition coefficient (Wildman–Crippen LogP) is 0.227. The average Bonchev–Trinajstić information content (AvgIpc) is 2.69. The molecule has 1 aromatic heterocycles. The number of amides is 1. The molecule has 1 atom stereocenters. The summed E-state index contributed by atoms with van der Waals surface area (Å²) in [4.78, 5) is 28.7. The molecule has 1 aliphatic heterocycles. The fourth-order valence-corrected chi connectivity index (χ4v) is 2.63. The van der Waals surface area contributed by atoms with Crippen molar-refractivity contribution in [2.24, 2.45) is 0 Å². The zero-order valence-corrected chi connectivity index (χ0v) is 10.9. The third kappa shape index (κ3) is 3.05. The van der Waals surface area contributed by atoms with Crippen LogP contribution < -0.4 is 5.32 Å². The van der Waals surface area contributed by atoms with Gasteiger partial charge in [0.15, 0.2) is 0 Å². The first kappa shape index (κ1) is 13.0. The number of nitrogens with one attached hydrogen (secondary N) is 1. The number of aliphatic carboxylic acids is 1. The Morgan fingerprint density at radius 1 is 1.72 bits per heavy atom. The fourth-order valence-electron chi connectivity index (χ4n) is 2.03. The van der Waals surface area contributed by atoms with E-state index in [2.05, 4.69) is 10.3 Å². The van der Waals surface area contributed by atoms with E-state index in [9.17, 15) is 9.59 Å². The van der Waals surface area contributed by atoms with Crippen molar-refractivity contribution < 1.29 is 14.7 Å². The van der Waals surface area contributed by atoms with Crippen molar-refractivity contribution in [3.05, 3.63) is 16.1 Å². The smallest absolute Gasteiger partial charge is 0.305 e. The Kier molecular flexibility index (Phi) is 3.93. The Bertz CT molecular complexity index is 460. The van der Waals surface area contributed by atoms with E-state index in [1.54, 1.807) is 11.3 Å². The molecule has 2 rings (SSSR count). The van der Waals surface area contributed by atoms with Crippen LogP contribution in [0.1, 0.15) is 17.1 Å². The van der Waals surface area contributed by atoms with Crippen LogP contribution in [0.2, 0.25) is 0 Å². The van der Waals surface area contributed by atoms with Crippen LogP contribution in [0.25, 0.3) is 0 Å². The summed E-state index contributed by atoms with van der Waals surface area (Å²) < 4.78 is 0. The summed E-state index contributed by atoms with van der Waals surface area (Å²) in [5.74, 6) is -1.17. The molecule has 18 heavy (non-hydrogen) atoms. The van der Waals surface area contributed by atoms with Crippen molar-refractivity contribution in [2.45, 2.75) is 25.9 Å². The lowest BCUT2D eigenvalue weighted by atomic mass is 10.1. The molecular formula is C11H15N3O3S. The number of carboxylic acids is 1. The van der Waals surface area contributed by atoms with Gasteiger partial charge in [-0.1, -0.05) is 0 Å². The fraction of sp³-hybridized carbons (Fsp3) is 0.545. The summed E-state index contributed by atoms with van der Waals surface area (Å²) >= 11 is 1.55. The summed E-state index contributed by atoms with van der Waals surface area (Å²) in [7, 11) is 0. The number of hydrogen-bond acceptors (Lipinski definition) is 5. The topological polar surface area (TPSA) is 82.5 Å². The Morgan fingerprint density at radius 2 is 2.50 bits per heavy atom. The molecule has 1 fully saturated rings. The van der Waals surface area contributed by atoms with Gasteiger partial charge < -0.3 is 10.4 Å². The molecule has 1 amide bonds. The largest absolute Gasteiger partial charge is 0.481 e. The number of carboxylic acid groups (broad SMARTS) is 1. The van der Waals surface area contributed by atoms with Crippen LogP contribution in [-0.4, -0.2) is 46.0 Å². The third-order valence-electron chi connectivity index (χ3n) is 2.84. The second kappa shape index (κ2) is 5.45. The maximum Gasteiger partial charge on any atom is 0.305 e. The Hall–Kier alpha value is -1.47. The highest BCUT2D eigenvalue weighted by Gasteiger charge is 2.31. The predicted molar refractivity (Wildman–Crippen MR) is 66.3 cm³/mol. The van der Waals surface area contributed by atoms with E-state index in [4.69, 9.17) is 5.11 Å². The minimum Gasteiger partial charge on any atom is -0.481 e. The Balaban J connectivity index is 2.07. The lowest BCUT2D eigenvalue weighted by Gasteiger charge is -2.33. The zero-order chi connectivity index (χ0) is 13.1. The normalized spacial score (nSPS) is 20.7. The molecule has 0 aliphatic carbocycles. The molecular weight excluding hydrogens is 254 g/mol. The first-order valence-corrected chi connectivity index (χ1v) is 6.59. The summed E-state index contributed by atoms with van der Waals surface area (Å²) in [6.45, 7) is 3.65. The quantitative estimate of drug-likeness (QED) is 0.817. The number of nitrogens with zero attached hydrogens (tertiary/aromatic N) is 2. The second-order valence-electron chi connectivity index (χ2n) is 4.23. The average molecular weight is 269 g/mol. The molecule has 7 heteroatoms. The van der Waals surface area contributed by atoms with Gasteiger partial charge in [-0.3, -0.25) is 14.5 Å². The molecule has 2 N–H and O–H groups in total. The van der Waals surface area contributed by atoms with Crippen molar-refractivity contribution in [1.29, 1.82) is 0 Å². The minimum absolute atomic E-state index is 0.172. The van der Waals surface area contributed by atoms with Gasteiger partial charge in [0, 0.05) is 25.0 Å². The Morgan fingerprint density at radius 3 is 3.11 bits per heavy atom. The van der Waals surface area contributed by atoms with Gasteiger partial charge in [0.05, 0.1) is 17.1 Å². The van der Waals surface area contributed by atoms with Crippen LogP contribution in [0.5, 0.6) is 0 Å². The number of rotatable bonds is 4. The Labute approximate surface area is 109 Å². The van der Waals surface area contributed by atoms with Gasteiger partial charge in [-0.15, -0.1) is 11.3 Å². The standard InChI is InChI=1S/C11H15N3O3S/c1-7-13-8(6-18-7)5-14-3-2-12-11(17)9(14)4-10(15)16/h6,9H,2-5H2,1H3,(H,12,17)(H,15,16). The number of hydrogen-bond donors (Lipinski definition) is 2. The van der Waals surface area contributed by atoms with Crippen LogP contribution >= 0.6 is 11.3 Å². The molecule has 0 saturated carbocycles. The molecule has 2 heterocycles. The van der Waals surface area contributed by atoms with Gasteiger partial charge in [0.1, 0.15) is 6.04 Å². The van der Waals surface area contributed by atoms with Crippen LogP contribution in [0.3, 0.4) is 0 Å². The molecule has 1 unspecified atom stereocenters. The summed E-state index contributed by atoms with van der Waals surface area (Å²) in [6, 6.07) is -0.599. The number of aryl methyl sites for hydroxylation is 1. The molecule has 6 nitrogen and oxygen atoms in total. The number of carbonyl (C=O) groups excluding carboxylic acids is 1. The molecule has 0 aromatic carbocycles. The van der Waals surface area contributed by atoms with Crippen LogP contribution in [0.15, 0.2) is 5.38 Å². The van der Waals surface area contributed by atoms with Crippen molar-refractivity contribution >= 4 is 23.2 Å². The summed E-state index contributed by atoms with van der Waals surface area (Å²) in [5.41, 5.74) is 0.891. The molecule has 98 valence electrons. The van der Waals surface area contributed by atoms with Crippen LogP contribution in [0, 0.1) is 6.92 Å². The van der Waals surface area contributed by atoms with Crippen molar-refractivity contribution in [3.8, 4) is 0 Å². The van der Waals surface area contributed by atoms with E-state index < -0.39 is 12.0 Å². The maximum atomic E-state index is 11.7. The number of carbonyl (C=O) groups is 2. The van der Waals surface area contributed by atoms with E-state index >= 15 is 0 Å². The summed E-state index contributed by atoms with van der Waals surface area (Å²) in [6.07, 6.45) is -0.172. The van der Waals surface area contributed by atoms with Crippen molar-refractivity contribution in [3.63, 3.8) is 0 Å². The van der Waals surface area contributed by atoms with E-state index in [1.807, 2.05) is 17.2 Å².